The molecule has 0 aromatic heterocycles. The highest BCUT2D eigenvalue weighted by Gasteiger charge is 2.31. The molecule has 0 bridgehead atoms. The number of aryl methyl sites for hydroxylation is 1. The number of halogens is 1. The van der Waals surface area contributed by atoms with Crippen molar-refractivity contribution in [2.45, 2.75) is 38.1 Å². The minimum absolute atomic E-state index is 0.0666. The first kappa shape index (κ1) is 16.3. The van der Waals surface area contributed by atoms with Crippen LogP contribution in [0.5, 0.6) is 0 Å². The van der Waals surface area contributed by atoms with E-state index in [0.717, 1.165) is 6.42 Å². The van der Waals surface area contributed by atoms with Crippen LogP contribution in [0.15, 0.2) is 17.0 Å². The fourth-order valence-corrected chi connectivity index (χ4v) is 3.95. The zero-order chi connectivity index (χ0) is 15.9. The molecule has 116 valence electrons. The third-order valence-corrected chi connectivity index (χ3v) is 5.37. The second-order valence-corrected chi connectivity index (χ2v) is 7.71. The van der Waals surface area contributed by atoms with Gasteiger partial charge in [0.2, 0.25) is 10.0 Å². The quantitative estimate of drug-likeness (QED) is 0.902. The third-order valence-electron chi connectivity index (χ3n) is 3.82. The van der Waals surface area contributed by atoms with Crippen LogP contribution in [-0.2, 0) is 10.0 Å². The summed E-state index contributed by atoms with van der Waals surface area (Å²) in [6.45, 7) is 6.41. The second-order valence-electron chi connectivity index (χ2n) is 5.80. The number of primary sulfonamides is 1. The Labute approximate surface area is 130 Å². The van der Waals surface area contributed by atoms with Crippen molar-refractivity contribution in [1.82, 2.24) is 4.90 Å². The number of carbonyl (C=O) groups is 1. The monoisotopic (exact) mass is 330 g/mol. The van der Waals surface area contributed by atoms with Crippen molar-refractivity contribution in [3.05, 3.63) is 28.3 Å². The zero-order valence-corrected chi connectivity index (χ0v) is 13.8. The summed E-state index contributed by atoms with van der Waals surface area (Å²) < 4.78 is 23.2. The summed E-state index contributed by atoms with van der Waals surface area (Å²) in [4.78, 5) is 14.2. The van der Waals surface area contributed by atoms with Crippen molar-refractivity contribution in [2.24, 2.45) is 11.1 Å². The summed E-state index contributed by atoms with van der Waals surface area (Å²) in [6, 6.07) is 3.01. The van der Waals surface area contributed by atoms with Gasteiger partial charge in [-0.25, -0.2) is 13.6 Å². The van der Waals surface area contributed by atoms with Gasteiger partial charge in [0.1, 0.15) is 4.90 Å². The summed E-state index contributed by atoms with van der Waals surface area (Å²) in [7, 11) is -3.96. The Bertz CT molecular complexity index is 688. The van der Waals surface area contributed by atoms with Gasteiger partial charge in [0.05, 0.1) is 5.02 Å². The summed E-state index contributed by atoms with van der Waals surface area (Å²) >= 11 is 5.98. The number of likely N-dealkylation sites (tertiary alicyclic amines) is 1. The molecule has 21 heavy (non-hydrogen) atoms. The first-order valence-electron chi connectivity index (χ1n) is 6.75. The molecule has 1 heterocycles. The lowest BCUT2D eigenvalue weighted by Gasteiger charge is -2.22. The molecule has 2 rings (SSSR count). The predicted octanol–water partition coefficient (Wildman–Crippen LogP) is 2.17. The fourth-order valence-electron chi connectivity index (χ4n) is 2.82. The van der Waals surface area contributed by atoms with E-state index >= 15 is 0 Å². The molecule has 7 heteroatoms. The molecule has 1 aromatic rings. The minimum atomic E-state index is -3.96. The van der Waals surface area contributed by atoms with Gasteiger partial charge in [0.15, 0.2) is 0 Å². The van der Waals surface area contributed by atoms with Gasteiger partial charge in [0, 0.05) is 18.2 Å². The Hall–Kier alpha value is -1.11. The molecule has 1 saturated heterocycles. The van der Waals surface area contributed by atoms with Gasteiger partial charge in [-0.15, -0.1) is 0 Å². The molecular weight excluding hydrogens is 312 g/mol. The highest BCUT2D eigenvalue weighted by molar-refractivity contribution is 7.89. The second kappa shape index (κ2) is 5.59. The summed E-state index contributed by atoms with van der Waals surface area (Å²) in [6.07, 6.45) is 0.945. The molecule has 0 aliphatic carbocycles. The number of sulfonamides is 1. The van der Waals surface area contributed by atoms with Crippen molar-refractivity contribution < 1.29 is 13.2 Å². The van der Waals surface area contributed by atoms with Gasteiger partial charge in [-0.2, -0.15) is 0 Å². The molecular formula is C14H19ClN2O3S. The number of hydrogen-bond donors (Lipinski definition) is 1. The van der Waals surface area contributed by atoms with Crippen LogP contribution in [0.4, 0.5) is 0 Å². The molecule has 2 unspecified atom stereocenters. The van der Waals surface area contributed by atoms with Crippen LogP contribution in [0.3, 0.4) is 0 Å². The summed E-state index contributed by atoms with van der Waals surface area (Å²) in [5.41, 5.74) is 0.827. The maximum absolute atomic E-state index is 12.6. The Kier molecular flexibility index (Phi) is 4.33. The van der Waals surface area contributed by atoms with Gasteiger partial charge in [-0.1, -0.05) is 18.5 Å². The topological polar surface area (TPSA) is 80.5 Å². The number of carbonyl (C=O) groups excluding carboxylic acids is 1. The molecule has 0 spiro atoms. The Morgan fingerprint density at radius 1 is 1.38 bits per heavy atom. The van der Waals surface area contributed by atoms with Crippen LogP contribution in [0.1, 0.15) is 36.2 Å². The lowest BCUT2D eigenvalue weighted by molar-refractivity contribution is 0.0743. The number of rotatable bonds is 2. The number of hydrogen-bond acceptors (Lipinski definition) is 3. The molecule has 0 radical (unpaired) electrons. The van der Waals surface area contributed by atoms with Crippen LogP contribution in [0.2, 0.25) is 5.02 Å². The van der Waals surface area contributed by atoms with Gasteiger partial charge in [0.25, 0.3) is 5.91 Å². The van der Waals surface area contributed by atoms with Crippen molar-refractivity contribution in [1.29, 1.82) is 0 Å². The highest BCUT2D eigenvalue weighted by Crippen LogP contribution is 2.29. The molecule has 2 N–H and O–H groups in total. The zero-order valence-electron chi connectivity index (χ0n) is 12.3. The molecule has 0 saturated carbocycles. The average molecular weight is 331 g/mol. The number of benzene rings is 1. The minimum Gasteiger partial charge on any atom is -0.336 e. The number of nitrogens with two attached hydrogens (primary N) is 1. The van der Waals surface area contributed by atoms with E-state index in [0.29, 0.717) is 23.6 Å². The standard InChI is InChI=1S/C14H19ClN2O3S/c1-8-4-10(3)17(7-8)14(18)11-5-9(2)13(15)12(6-11)21(16,19)20/h5-6,8,10H,4,7H2,1-3H3,(H2,16,19,20). The Morgan fingerprint density at radius 3 is 2.48 bits per heavy atom. The van der Waals surface area contributed by atoms with E-state index in [2.05, 4.69) is 6.92 Å². The molecule has 5 nitrogen and oxygen atoms in total. The van der Waals surface area contributed by atoms with Gasteiger partial charge in [-0.3, -0.25) is 4.79 Å². The van der Waals surface area contributed by atoms with E-state index in [1.165, 1.54) is 6.07 Å². The molecule has 1 fully saturated rings. The third kappa shape index (κ3) is 3.22. The summed E-state index contributed by atoms with van der Waals surface area (Å²) in [5, 5.41) is 5.23. The van der Waals surface area contributed by atoms with Crippen molar-refractivity contribution in [3.63, 3.8) is 0 Å². The van der Waals surface area contributed by atoms with Crippen LogP contribution >= 0.6 is 11.6 Å². The van der Waals surface area contributed by atoms with E-state index in [9.17, 15) is 13.2 Å². The lowest BCUT2D eigenvalue weighted by atomic mass is 10.1. The SMILES string of the molecule is Cc1cc(C(=O)N2CC(C)CC2C)cc(S(N)(=O)=O)c1Cl. The average Bonchev–Trinajstić information content (AvgIpc) is 2.69. The van der Waals surface area contributed by atoms with Crippen molar-refractivity contribution >= 4 is 27.5 Å². The predicted molar refractivity (Wildman–Crippen MR) is 81.8 cm³/mol. The maximum Gasteiger partial charge on any atom is 0.254 e. The van der Waals surface area contributed by atoms with Crippen molar-refractivity contribution in [2.75, 3.05) is 6.54 Å². The lowest BCUT2D eigenvalue weighted by Crippen LogP contribution is -2.34. The van der Waals surface area contributed by atoms with Crippen LogP contribution in [0.25, 0.3) is 0 Å². The highest BCUT2D eigenvalue weighted by atomic mass is 35.5. The molecule has 2 atom stereocenters. The molecule has 1 aliphatic heterocycles. The Morgan fingerprint density at radius 2 is 2.00 bits per heavy atom. The van der Waals surface area contributed by atoms with E-state index in [1.54, 1.807) is 17.9 Å². The normalized spacial score (nSPS) is 22.6. The van der Waals surface area contributed by atoms with Crippen LogP contribution in [-0.4, -0.2) is 31.8 Å². The first-order chi connectivity index (χ1) is 9.61. The van der Waals surface area contributed by atoms with Crippen LogP contribution < -0.4 is 5.14 Å². The van der Waals surface area contributed by atoms with Gasteiger partial charge in [-0.05, 0) is 43.9 Å². The van der Waals surface area contributed by atoms with E-state index in [-0.39, 0.29) is 21.9 Å². The molecule has 1 amide bonds. The van der Waals surface area contributed by atoms with E-state index in [1.807, 2.05) is 6.92 Å². The molecule has 1 aliphatic rings. The number of amides is 1. The smallest absolute Gasteiger partial charge is 0.254 e. The summed E-state index contributed by atoms with van der Waals surface area (Å²) in [5.74, 6) is 0.256. The largest absolute Gasteiger partial charge is 0.336 e. The van der Waals surface area contributed by atoms with Crippen molar-refractivity contribution in [3.8, 4) is 0 Å². The maximum atomic E-state index is 12.6. The van der Waals surface area contributed by atoms with E-state index < -0.39 is 10.0 Å². The van der Waals surface area contributed by atoms with E-state index in [4.69, 9.17) is 16.7 Å². The molecule has 1 aromatic carbocycles. The van der Waals surface area contributed by atoms with Crippen LogP contribution in [0, 0.1) is 12.8 Å². The number of nitrogens with zero attached hydrogens (tertiary/aromatic N) is 1. The van der Waals surface area contributed by atoms with Gasteiger partial charge >= 0.3 is 0 Å². The fraction of sp³-hybridized carbons (Fsp3) is 0.500. The van der Waals surface area contributed by atoms with Gasteiger partial charge < -0.3 is 4.90 Å². The Balaban J connectivity index is 2.46. The first-order valence-corrected chi connectivity index (χ1v) is 8.67.